The van der Waals surface area contributed by atoms with Gasteiger partial charge in [-0.05, 0) is 37.1 Å². The number of benzene rings is 2. The zero-order valence-corrected chi connectivity index (χ0v) is 17.7. The Morgan fingerprint density at radius 3 is 2.59 bits per heavy atom. The highest BCUT2D eigenvalue weighted by molar-refractivity contribution is 8.00. The summed E-state index contributed by atoms with van der Waals surface area (Å²) >= 11 is 1.40. The van der Waals surface area contributed by atoms with Gasteiger partial charge >= 0.3 is 0 Å². The Kier molecular flexibility index (Phi) is 6.88. The molecule has 150 valence electrons. The molecule has 1 unspecified atom stereocenters. The minimum absolute atomic E-state index is 0.00688. The summed E-state index contributed by atoms with van der Waals surface area (Å²) < 4.78 is 0. The largest absolute Gasteiger partial charge is 0.335 e. The fraction of sp³-hybridized carbons (Fsp3) is 0.261. The minimum Gasteiger partial charge on any atom is -0.335 e. The van der Waals surface area contributed by atoms with Crippen molar-refractivity contribution in [2.45, 2.75) is 30.5 Å². The highest BCUT2D eigenvalue weighted by Crippen LogP contribution is 2.25. The van der Waals surface area contributed by atoms with Crippen molar-refractivity contribution < 1.29 is 9.59 Å². The van der Waals surface area contributed by atoms with Gasteiger partial charge in [-0.2, -0.15) is 0 Å². The second-order valence-corrected chi connectivity index (χ2v) is 8.22. The Morgan fingerprint density at radius 1 is 1.07 bits per heavy atom. The Labute approximate surface area is 175 Å². The van der Waals surface area contributed by atoms with Gasteiger partial charge in [-0.25, -0.2) is 4.98 Å². The molecule has 1 N–H and O–H groups in total. The highest BCUT2D eigenvalue weighted by atomic mass is 32.2. The van der Waals surface area contributed by atoms with Crippen LogP contribution in [0.4, 0.5) is 5.69 Å². The number of pyridine rings is 1. The monoisotopic (exact) mass is 407 g/mol. The number of thioether (sulfide) groups is 1. The van der Waals surface area contributed by atoms with Crippen molar-refractivity contribution in [3.8, 4) is 0 Å². The Bertz CT molecular complexity index is 1020. The van der Waals surface area contributed by atoms with Crippen LogP contribution in [0.1, 0.15) is 19.4 Å². The summed E-state index contributed by atoms with van der Waals surface area (Å²) in [4.78, 5) is 31.2. The number of fused-ring (bicyclic) bond motifs is 1. The lowest BCUT2D eigenvalue weighted by Crippen LogP contribution is -2.39. The third kappa shape index (κ3) is 5.35. The van der Waals surface area contributed by atoms with Crippen molar-refractivity contribution in [2.75, 3.05) is 18.9 Å². The number of hydrogen-bond acceptors (Lipinski definition) is 4. The van der Waals surface area contributed by atoms with E-state index in [4.69, 9.17) is 0 Å². The van der Waals surface area contributed by atoms with Gasteiger partial charge in [-0.1, -0.05) is 61.2 Å². The average Bonchev–Trinajstić information content (AvgIpc) is 2.73. The van der Waals surface area contributed by atoms with E-state index >= 15 is 0 Å². The first-order chi connectivity index (χ1) is 14.0. The van der Waals surface area contributed by atoms with E-state index in [1.807, 2.05) is 74.5 Å². The third-order valence-corrected chi connectivity index (χ3v) is 5.67. The van der Waals surface area contributed by atoms with Gasteiger partial charge in [0, 0.05) is 18.1 Å². The van der Waals surface area contributed by atoms with Gasteiger partial charge in [-0.3, -0.25) is 9.59 Å². The molecule has 6 heteroatoms. The topological polar surface area (TPSA) is 62.3 Å². The molecule has 0 aliphatic rings. The fourth-order valence-corrected chi connectivity index (χ4v) is 4.03. The number of rotatable bonds is 7. The van der Waals surface area contributed by atoms with Crippen LogP contribution in [-0.2, 0) is 16.0 Å². The third-order valence-electron chi connectivity index (χ3n) is 4.65. The van der Waals surface area contributed by atoms with Crippen LogP contribution >= 0.6 is 11.8 Å². The van der Waals surface area contributed by atoms with Crippen molar-refractivity contribution in [3.63, 3.8) is 0 Å². The van der Waals surface area contributed by atoms with Crippen LogP contribution < -0.4 is 5.32 Å². The molecular weight excluding hydrogens is 382 g/mol. The van der Waals surface area contributed by atoms with Crippen LogP contribution in [-0.4, -0.2) is 40.5 Å². The van der Waals surface area contributed by atoms with Crippen molar-refractivity contribution in [2.24, 2.45) is 0 Å². The molecule has 1 aromatic heterocycles. The lowest BCUT2D eigenvalue weighted by atomic mass is 10.1. The molecule has 1 atom stereocenters. The van der Waals surface area contributed by atoms with E-state index in [2.05, 4.69) is 10.3 Å². The van der Waals surface area contributed by atoms with Crippen LogP contribution in [0.5, 0.6) is 0 Å². The maximum absolute atomic E-state index is 12.7. The standard InChI is InChI=1S/C23H25N3O2S/c1-4-17-9-5-7-11-19(17)24-21(27)15-26(3)23(28)16(2)29-22-14-13-18-10-6-8-12-20(18)25-22/h5-14,16H,4,15H2,1-3H3,(H,24,27). The molecule has 0 saturated carbocycles. The SMILES string of the molecule is CCc1ccccc1NC(=O)CN(C)C(=O)C(C)Sc1ccc2ccccc2n1. The van der Waals surface area contributed by atoms with E-state index in [1.54, 1.807) is 7.05 Å². The molecule has 2 amide bonds. The smallest absolute Gasteiger partial charge is 0.243 e. The molecule has 0 spiro atoms. The molecule has 0 bridgehead atoms. The molecule has 1 heterocycles. The van der Waals surface area contributed by atoms with E-state index in [9.17, 15) is 9.59 Å². The number of anilines is 1. The molecule has 0 aliphatic carbocycles. The zero-order chi connectivity index (χ0) is 20.8. The summed E-state index contributed by atoms with van der Waals surface area (Å²) in [6, 6.07) is 19.5. The van der Waals surface area contributed by atoms with E-state index in [0.717, 1.165) is 33.6 Å². The van der Waals surface area contributed by atoms with Crippen LogP contribution in [0.3, 0.4) is 0 Å². The van der Waals surface area contributed by atoms with Gasteiger partial charge in [-0.15, -0.1) is 0 Å². The molecule has 29 heavy (non-hydrogen) atoms. The number of carbonyl (C=O) groups excluding carboxylic acids is 2. The first-order valence-corrected chi connectivity index (χ1v) is 10.5. The first-order valence-electron chi connectivity index (χ1n) is 9.63. The quantitative estimate of drug-likeness (QED) is 0.591. The van der Waals surface area contributed by atoms with Crippen LogP contribution in [0.25, 0.3) is 10.9 Å². The molecule has 0 fully saturated rings. The van der Waals surface area contributed by atoms with Gasteiger partial charge in [0.1, 0.15) is 0 Å². The van der Waals surface area contributed by atoms with Gasteiger partial charge in [0.2, 0.25) is 11.8 Å². The van der Waals surface area contributed by atoms with Crippen LogP contribution in [0, 0.1) is 0 Å². The van der Waals surface area contributed by atoms with Crippen molar-refractivity contribution in [3.05, 3.63) is 66.2 Å². The van der Waals surface area contributed by atoms with Crippen molar-refractivity contribution in [1.29, 1.82) is 0 Å². The van der Waals surface area contributed by atoms with Crippen molar-refractivity contribution >= 4 is 40.2 Å². The lowest BCUT2D eigenvalue weighted by Gasteiger charge is -2.21. The van der Waals surface area contributed by atoms with E-state index in [0.29, 0.717) is 0 Å². The second kappa shape index (κ2) is 9.56. The molecule has 0 radical (unpaired) electrons. The van der Waals surface area contributed by atoms with Gasteiger partial charge < -0.3 is 10.2 Å². The lowest BCUT2D eigenvalue weighted by molar-refractivity contribution is -0.132. The molecule has 3 rings (SSSR count). The highest BCUT2D eigenvalue weighted by Gasteiger charge is 2.21. The van der Waals surface area contributed by atoms with Gasteiger partial charge in [0.15, 0.2) is 0 Å². The van der Waals surface area contributed by atoms with E-state index in [1.165, 1.54) is 16.7 Å². The molecule has 0 aliphatic heterocycles. The zero-order valence-electron chi connectivity index (χ0n) is 16.9. The van der Waals surface area contributed by atoms with Crippen LogP contribution in [0.15, 0.2) is 65.7 Å². The fourth-order valence-electron chi connectivity index (χ4n) is 3.09. The molecule has 0 saturated heterocycles. The number of para-hydroxylation sites is 2. The Balaban J connectivity index is 1.58. The van der Waals surface area contributed by atoms with Gasteiger partial charge in [0.25, 0.3) is 0 Å². The minimum atomic E-state index is -0.343. The maximum Gasteiger partial charge on any atom is 0.243 e. The molecular formula is C23H25N3O2S. The summed E-state index contributed by atoms with van der Waals surface area (Å²) in [6.07, 6.45) is 0.831. The van der Waals surface area contributed by atoms with E-state index in [-0.39, 0.29) is 23.6 Å². The number of likely N-dealkylation sites (N-methyl/N-ethyl adjacent to an activating group) is 1. The number of aromatic nitrogens is 1. The van der Waals surface area contributed by atoms with E-state index < -0.39 is 0 Å². The summed E-state index contributed by atoms with van der Waals surface area (Å²) in [6.45, 7) is 3.89. The number of amides is 2. The number of hydrogen-bond donors (Lipinski definition) is 1. The number of nitrogens with one attached hydrogen (secondary N) is 1. The number of nitrogens with zero attached hydrogens (tertiary/aromatic N) is 2. The molecule has 3 aromatic rings. The number of aryl methyl sites for hydroxylation is 1. The second-order valence-electron chi connectivity index (χ2n) is 6.86. The van der Waals surface area contributed by atoms with Gasteiger partial charge in [0.05, 0.1) is 22.3 Å². The van der Waals surface area contributed by atoms with Crippen LogP contribution in [0.2, 0.25) is 0 Å². The molecule has 2 aromatic carbocycles. The summed E-state index contributed by atoms with van der Waals surface area (Å²) in [5.74, 6) is -0.313. The van der Waals surface area contributed by atoms with Crippen molar-refractivity contribution in [1.82, 2.24) is 9.88 Å². The summed E-state index contributed by atoms with van der Waals surface area (Å²) in [7, 11) is 1.65. The summed E-state index contributed by atoms with van der Waals surface area (Å²) in [5.41, 5.74) is 2.77. The number of carbonyl (C=O) groups is 2. The Hall–Kier alpha value is -2.86. The normalized spacial score (nSPS) is 11.8. The first kappa shape index (κ1) is 20.9. The summed E-state index contributed by atoms with van der Waals surface area (Å²) in [5, 5.41) is 4.42. The molecule has 5 nitrogen and oxygen atoms in total. The predicted octanol–water partition coefficient (Wildman–Crippen LogP) is 4.37. The Morgan fingerprint density at radius 2 is 1.79 bits per heavy atom. The average molecular weight is 408 g/mol. The maximum atomic E-state index is 12.7. The predicted molar refractivity (Wildman–Crippen MR) is 119 cm³/mol.